The quantitative estimate of drug-likeness (QED) is 0.462. The minimum atomic E-state index is -0.729. The Bertz CT molecular complexity index is 979. The van der Waals surface area contributed by atoms with Crippen LogP contribution in [-0.4, -0.2) is 9.97 Å². The van der Waals surface area contributed by atoms with Gasteiger partial charge in [-0.3, -0.25) is 9.97 Å². The molecule has 3 heterocycles. The van der Waals surface area contributed by atoms with E-state index < -0.39 is 11.6 Å². The van der Waals surface area contributed by atoms with E-state index in [1.807, 2.05) is 92.5 Å². The Balaban J connectivity index is 0.00000158. The van der Waals surface area contributed by atoms with Crippen molar-refractivity contribution >= 4 is 5.69 Å². The number of pyridine rings is 2. The first-order valence-corrected chi connectivity index (χ1v) is 11.5. The normalized spacial score (nSPS) is 12.4. The van der Waals surface area contributed by atoms with E-state index in [4.69, 9.17) is 4.74 Å². The van der Waals surface area contributed by atoms with Crippen molar-refractivity contribution in [2.24, 2.45) is 0 Å². The number of aromatic nitrogens is 2. The highest BCUT2D eigenvalue weighted by molar-refractivity contribution is 5.67. The molecule has 0 amide bonds. The number of ether oxygens (including phenoxy) is 1. The third-order valence-corrected chi connectivity index (χ3v) is 4.47. The monoisotopic (exact) mass is 459 g/mol. The molecule has 2 aromatic heterocycles. The standard InChI is InChI=1S/C21H21F2N3O.3C2H6/c1-12-9-24-13(2)6-20(12)26-14(3)7-21(15(4)16(26)5)27-11-19-18(23)8-17(22)10-25-19;3*1-2/h6-10H,5,11H2,1-4H3;3*1-2H3. The molecule has 0 fully saturated rings. The highest BCUT2D eigenvalue weighted by Crippen LogP contribution is 2.35. The molecule has 0 aromatic carbocycles. The van der Waals surface area contributed by atoms with E-state index in [0.717, 1.165) is 46.2 Å². The predicted molar refractivity (Wildman–Crippen MR) is 135 cm³/mol. The van der Waals surface area contributed by atoms with Crippen LogP contribution in [0.4, 0.5) is 14.5 Å². The molecule has 4 nitrogen and oxygen atoms in total. The molecular formula is C27H39F2N3O. The van der Waals surface area contributed by atoms with Gasteiger partial charge < -0.3 is 9.64 Å². The summed E-state index contributed by atoms with van der Waals surface area (Å²) in [4.78, 5) is 10.1. The van der Waals surface area contributed by atoms with Gasteiger partial charge in [0, 0.05) is 41.0 Å². The maximum Gasteiger partial charge on any atom is 0.151 e. The van der Waals surface area contributed by atoms with Gasteiger partial charge in [-0.25, -0.2) is 8.78 Å². The van der Waals surface area contributed by atoms with Gasteiger partial charge in [-0.15, -0.1) is 0 Å². The number of hydrogen-bond acceptors (Lipinski definition) is 4. The molecule has 6 heteroatoms. The number of allylic oxidation sites excluding steroid dienone is 3. The van der Waals surface area contributed by atoms with E-state index in [2.05, 4.69) is 16.5 Å². The van der Waals surface area contributed by atoms with Gasteiger partial charge in [0.15, 0.2) is 5.82 Å². The first kappa shape index (κ1) is 30.0. The van der Waals surface area contributed by atoms with Crippen LogP contribution in [0.1, 0.15) is 72.3 Å². The Kier molecular flexibility index (Phi) is 13.6. The third kappa shape index (κ3) is 7.81. The van der Waals surface area contributed by atoms with Crippen molar-refractivity contribution in [2.45, 2.75) is 75.8 Å². The molecule has 0 spiro atoms. The summed E-state index contributed by atoms with van der Waals surface area (Å²) in [5.74, 6) is -0.858. The zero-order valence-corrected chi connectivity index (χ0v) is 21.8. The van der Waals surface area contributed by atoms with E-state index >= 15 is 0 Å². The Morgan fingerprint density at radius 2 is 1.52 bits per heavy atom. The number of rotatable bonds is 4. The van der Waals surface area contributed by atoms with Gasteiger partial charge in [0.1, 0.15) is 23.9 Å². The van der Waals surface area contributed by atoms with Gasteiger partial charge in [-0.05, 0) is 39.3 Å². The number of anilines is 1. The zero-order chi connectivity index (χ0) is 25.7. The first-order chi connectivity index (χ1) is 15.8. The molecule has 0 unspecified atom stereocenters. The third-order valence-electron chi connectivity index (χ3n) is 4.47. The lowest BCUT2D eigenvalue weighted by Crippen LogP contribution is -2.25. The van der Waals surface area contributed by atoms with Crippen molar-refractivity contribution in [2.75, 3.05) is 4.90 Å². The van der Waals surface area contributed by atoms with Crippen LogP contribution in [0, 0.1) is 25.5 Å². The van der Waals surface area contributed by atoms with E-state index in [9.17, 15) is 8.78 Å². The fourth-order valence-electron chi connectivity index (χ4n) is 2.92. The number of nitrogens with zero attached hydrogens (tertiary/aromatic N) is 3. The van der Waals surface area contributed by atoms with Crippen LogP contribution in [0.3, 0.4) is 0 Å². The van der Waals surface area contributed by atoms with Crippen LogP contribution >= 0.6 is 0 Å². The van der Waals surface area contributed by atoms with Crippen molar-refractivity contribution in [3.63, 3.8) is 0 Å². The van der Waals surface area contributed by atoms with Crippen molar-refractivity contribution < 1.29 is 13.5 Å². The number of hydrogen-bond donors (Lipinski definition) is 0. The van der Waals surface area contributed by atoms with Gasteiger partial charge in [0.2, 0.25) is 0 Å². The summed E-state index contributed by atoms with van der Waals surface area (Å²) >= 11 is 0. The Labute approximate surface area is 198 Å². The number of halogens is 2. The lowest BCUT2D eigenvalue weighted by atomic mass is 10.0. The lowest BCUT2D eigenvalue weighted by Gasteiger charge is -2.33. The molecule has 0 atom stereocenters. The van der Waals surface area contributed by atoms with Gasteiger partial charge in [0.05, 0.1) is 11.9 Å². The smallest absolute Gasteiger partial charge is 0.151 e. The Hall–Kier alpha value is -3.02. The van der Waals surface area contributed by atoms with Crippen molar-refractivity contribution in [3.8, 4) is 0 Å². The average molecular weight is 460 g/mol. The predicted octanol–water partition coefficient (Wildman–Crippen LogP) is 8.18. The fraction of sp³-hybridized carbons (Fsp3) is 0.407. The van der Waals surface area contributed by atoms with Gasteiger partial charge in [-0.1, -0.05) is 48.1 Å². The molecule has 1 aliphatic heterocycles. The Morgan fingerprint density at radius 1 is 0.909 bits per heavy atom. The van der Waals surface area contributed by atoms with Crippen LogP contribution in [0.2, 0.25) is 0 Å². The van der Waals surface area contributed by atoms with Crippen LogP contribution in [0.5, 0.6) is 0 Å². The summed E-state index contributed by atoms with van der Waals surface area (Å²) in [5.41, 5.74) is 5.52. The Morgan fingerprint density at radius 3 is 2.09 bits per heavy atom. The van der Waals surface area contributed by atoms with E-state index in [1.54, 1.807) is 0 Å². The van der Waals surface area contributed by atoms with E-state index in [1.165, 1.54) is 0 Å². The van der Waals surface area contributed by atoms with Crippen LogP contribution < -0.4 is 4.90 Å². The van der Waals surface area contributed by atoms with Crippen LogP contribution in [0.15, 0.2) is 59.9 Å². The lowest BCUT2D eigenvalue weighted by molar-refractivity contribution is 0.199. The van der Waals surface area contributed by atoms with Gasteiger partial charge >= 0.3 is 0 Å². The summed E-state index contributed by atoms with van der Waals surface area (Å²) in [6, 6.07) is 2.80. The van der Waals surface area contributed by atoms with Gasteiger partial charge in [-0.2, -0.15) is 0 Å². The van der Waals surface area contributed by atoms with Crippen molar-refractivity contribution in [1.29, 1.82) is 0 Å². The first-order valence-electron chi connectivity index (χ1n) is 11.5. The molecular weight excluding hydrogens is 420 g/mol. The number of aryl methyl sites for hydroxylation is 2. The fourth-order valence-corrected chi connectivity index (χ4v) is 2.92. The molecule has 0 bridgehead atoms. The summed E-state index contributed by atoms with van der Waals surface area (Å²) < 4.78 is 32.5. The molecule has 0 N–H and O–H groups in total. The van der Waals surface area contributed by atoms with Crippen molar-refractivity contribution in [1.82, 2.24) is 9.97 Å². The second kappa shape index (κ2) is 14.9. The summed E-state index contributed by atoms with van der Waals surface area (Å²) in [7, 11) is 0. The minimum Gasteiger partial charge on any atom is -0.487 e. The molecule has 33 heavy (non-hydrogen) atoms. The molecule has 0 radical (unpaired) electrons. The summed E-state index contributed by atoms with van der Waals surface area (Å²) in [6.07, 6.45) is 4.68. The van der Waals surface area contributed by atoms with Gasteiger partial charge in [0.25, 0.3) is 0 Å². The maximum atomic E-state index is 13.8. The van der Waals surface area contributed by atoms with Crippen molar-refractivity contribution in [3.05, 3.63) is 88.5 Å². The minimum absolute atomic E-state index is 0.0522. The zero-order valence-electron chi connectivity index (χ0n) is 21.8. The SMILES string of the molecule is C=C1C(C)=C(OCc2ncc(F)cc2F)C=C(C)N1c1cc(C)ncc1C.CC.CC.CC. The second-order valence-corrected chi connectivity index (χ2v) is 6.54. The summed E-state index contributed by atoms with van der Waals surface area (Å²) in [6.45, 7) is 23.9. The van der Waals surface area contributed by atoms with E-state index in [0.29, 0.717) is 5.76 Å². The largest absolute Gasteiger partial charge is 0.487 e. The molecule has 0 saturated heterocycles. The van der Waals surface area contributed by atoms with E-state index in [-0.39, 0.29) is 12.3 Å². The topological polar surface area (TPSA) is 38.2 Å². The van der Waals surface area contributed by atoms with Crippen LogP contribution in [0.25, 0.3) is 0 Å². The molecule has 0 saturated carbocycles. The molecule has 3 rings (SSSR count). The molecule has 0 aliphatic carbocycles. The molecule has 182 valence electrons. The second-order valence-electron chi connectivity index (χ2n) is 6.54. The van der Waals surface area contributed by atoms with Crippen LogP contribution in [-0.2, 0) is 11.3 Å². The highest BCUT2D eigenvalue weighted by Gasteiger charge is 2.23. The average Bonchev–Trinajstić information content (AvgIpc) is 2.82. The summed E-state index contributed by atoms with van der Waals surface area (Å²) in [5, 5.41) is 0. The molecule has 1 aliphatic rings. The highest BCUT2D eigenvalue weighted by atomic mass is 19.1. The maximum absolute atomic E-state index is 13.8. The molecule has 2 aromatic rings.